The predicted octanol–water partition coefficient (Wildman–Crippen LogP) is 5.38. The van der Waals surface area contributed by atoms with Crippen LogP contribution in [0.4, 0.5) is 0 Å². The van der Waals surface area contributed by atoms with Crippen molar-refractivity contribution in [3.63, 3.8) is 0 Å². The first-order valence-corrected chi connectivity index (χ1v) is 10.2. The monoisotopic (exact) mass is 360 g/mol. The Morgan fingerprint density at radius 3 is 2.33 bits per heavy atom. The summed E-state index contributed by atoms with van der Waals surface area (Å²) in [6.45, 7) is 1.96. The van der Waals surface area contributed by atoms with E-state index < -0.39 is 0 Å². The molecule has 3 heteroatoms. The minimum absolute atomic E-state index is 0.0297. The van der Waals surface area contributed by atoms with Crippen molar-refractivity contribution in [1.82, 2.24) is 5.43 Å². The number of amides is 1. The summed E-state index contributed by atoms with van der Waals surface area (Å²) in [5.74, 6) is 1.14. The molecular formula is C24H28N2O. The number of carbonyl (C=O) groups excluding carboxylic acids is 1. The van der Waals surface area contributed by atoms with Crippen LogP contribution in [0.1, 0.15) is 74.0 Å². The standard InChI is InChI=1S/C24H28N2O/c1-17(18-12-14-20(15-13-18)19-8-4-2-5-9-19)25-26-24(27)23-16-22(23)21-10-6-3-7-11-21/h3,6-7,10-15,19,22-23H,2,4-5,8-9,16H2,1H3,(H,26,27)/b25-17-/t22-,23+/m0/s1. The molecule has 27 heavy (non-hydrogen) atoms. The van der Waals surface area contributed by atoms with Gasteiger partial charge in [0.15, 0.2) is 0 Å². The van der Waals surface area contributed by atoms with Crippen LogP contribution in [0.25, 0.3) is 0 Å². The number of hydrazone groups is 1. The van der Waals surface area contributed by atoms with Crippen molar-refractivity contribution in [3.05, 3.63) is 71.3 Å². The molecule has 4 rings (SSSR count). The summed E-state index contributed by atoms with van der Waals surface area (Å²) >= 11 is 0. The molecule has 1 amide bonds. The fourth-order valence-corrected chi connectivity index (χ4v) is 4.27. The molecule has 0 aliphatic heterocycles. The molecule has 2 aliphatic rings. The highest BCUT2D eigenvalue weighted by Gasteiger charge is 2.43. The fourth-order valence-electron chi connectivity index (χ4n) is 4.27. The molecule has 0 unspecified atom stereocenters. The molecule has 0 saturated heterocycles. The highest BCUT2D eigenvalue weighted by Crippen LogP contribution is 2.47. The number of carbonyl (C=O) groups is 1. The first-order valence-electron chi connectivity index (χ1n) is 10.2. The van der Waals surface area contributed by atoms with Gasteiger partial charge in [0.25, 0.3) is 0 Å². The van der Waals surface area contributed by atoms with E-state index in [0.29, 0.717) is 5.92 Å². The van der Waals surface area contributed by atoms with Crippen molar-refractivity contribution < 1.29 is 4.79 Å². The Bertz CT molecular complexity index is 804. The first-order chi connectivity index (χ1) is 13.2. The van der Waals surface area contributed by atoms with Gasteiger partial charge in [-0.3, -0.25) is 4.79 Å². The minimum atomic E-state index is 0.0297. The van der Waals surface area contributed by atoms with E-state index in [1.807, 2.05) is 25.1 Å². The van der Waals surface area contributed by atoms with Crippen LogP contribution < -0.4 is 5.43 Å². The lowest BCUT2D eigenvalue weighted by Crippen LogP contribution is -2.21. The van der Waals surface area contributed by atoms with Crippen LogP contribution in [-0.2, 0) is 4.79 Å². The first kappa shape index (κ1) is 18.0. The Hall–Kier alpha value is -2.42. The summed E-state index contributed by atoms with van der Waals surface area (Å²) in [6, 6.07) is 19.0. The highest BCUT2D eigenvalue weighted by molar-refractivity contribution is 5.99. The zero-order chi connectivity index (χ0) is 18.6. The molecule has 2 fully saturated rings. The highest BCUT2D eigenvalue weighted by atomic mass is 16.2. The lowest BCUT2D eigenvalue weighted by atomic mass is 9.84. The maximum Gasteiger partial charge on any atom is 0.243 e. The topological polar surface area (TPSA) is 41.5 Å². The molecule has 2 saturated carbocycles. The van der Waals surface area contributed by atoms with Gasteiger partial charge in [-0.25, -0.2) is 5.43 Å². The van der Waals surface area contributed by atoms with Gasteiger partial charge in [-0.05, 0) is 54.7 Å². The van der Waals surface area contributed by atoms with E-state index in [2.05, 4.69) is 46.9 Å². The average Bonchev–Trinajstić information content (AvgIpc) is 3.54. The summed E-state index contributed by atoms with van der Waals surface area (Å²) in [7, 11) is 0. The molecular weight excluding hydrogens is 332 g/mol. The van der Waals surface area contributed by atoms with Crippen molar-refractivity contribution in [2.24, 2.45) is 11.0 Å². The quantitative estimate of drug-likeness (QED) is 0.564. The summed E-state index contributed by atoms with van der Waals surface area (Å²) in [5, 5.41) is 4.34. The molecule has 2 atom stereocenters. The van der Waals surface area contributed by atoms with E-state index >= 15 is 0 Å². The van der Waals surface area contributed by atoms with Crippen molar-refractivity contribution in [2.45, 2.75) is 57.3 Å². The number of hydrogen-bond donors (Lipinski definition) is 1. The van der Waals surface area contributed by atoms with Crippen LogP contribution in [0.15, 0.2) is 59.7 Å². The second kappa shape index (κ2) is 8.08. The summed E-state index contributed by atoms with van der Waals surface area (Å²) in [4.78, 5) is 12.4. The third-order valence-electron chi connectivity index (χ3n) is 6.09. The van der Waals surface area contributed by atoms with Crippen molar-refractivity contribution >= 4 is 11.6 Å². The third kappa shape index (κ3) is 4.29. The fraction of sp³-hybridized carbons (Fsp3) is 0.417. The maximum absolute atomic E-state index is 12.4. The second-order valence-electron chi connectivity index (χ2n) is 7.99. The second-order valence-corrected chi connectivity index (χ2v) is 7.99. The maximum atomic E-state index is 12.4. The number of nitrogens with one attached hydrogen (secondary N) is 1. The van der Waals surface area contributed by atoms with Gasteiger partial charge in [0.2, 0.25) is 5.91 Å². The average molecular weight is 361 g/mol. The smallest absolute Gasteiger partial charge is 0.243 e. The van der Waals surface area contributed by atoms with Crippen LogP contribution in [-0.4, -0.2) is 11.6 Å². The van der Waals surface area contributed by atoms with Gasteiger partial charge in [-0.15, -0.1) is 0 Å². The minimum Gasteiger partial charge on any atom is -0.273 e. The van der Waals surface area contributed by atoms with Gasteiger partial charge in [0, 0.05) is 5.92 Å². The largest absolute Gasteiger partial charge is 0.273 e. The molecule has 1 N–H and O–H groups in total. The molecule has 2 aliphatic carbocycles. The Balaban J connectivity index is 1.33. The van der Waals surface area contributed by atoms with Gasteiger partial charge in [-0.1, -0.05) is 73.9 Å². The van der Waals surface area contributed by atoms with Crippen LogP contribution in [0.3, 0.4) is 0 Å². The normalized spacial score (nSPS) is 23.1. The molecule has 0 heterocycles. The molecule has 0 bridgehead atoms. The zero-order valence-corrected chi connectivity index (χ0v) is 16.0. The molecule has 140 valence electrons. The van der Waals surface area contributed by atoms with Crippen molar-refractivity contribution in [2.75, 3.05) is 0 Å². The Kier molecular flexibility index (Phi) is 5.38. The summed E-state index contributed by atoms with van der Waals surface area (Å²) in [6.07, 6.45) is 7.62. The van der Waals surface area contributed by atoms with E-state index in [4.69, 9.17) is 0 Å². The number of rotatable bonds is 5. The Labute approximate surface area is 161 Å². The van der Waals surface area contributed by atoms with Crippen LogP contribution in [0.5, 0.6) is 0 Å². The van der Waals surface area contributed by atoms with Gasteiger partial charge in [0.05, 0.1) is 5.71 Å². The molecule has 3 nitrogen and oxygen atoms in total. The third-order valence-corrected chi connectivity index (χ3v) is 6.09. The van der Waals surface area contributed by atoms with Crippen molar-refractivity contribution in [1.29, 1.82) is 0 Å². The van der Waals surface area contributed by atoms with Gasteiger partial charge >= 0.3 is 0 Å². The van der Waals surface area contributed by atoms with Crippen LogP contribution in [0.2, 0.25) is 0 Å². The van der Waals surface area contributed by atoms with Crippen LogP contribution >= 0.6 is 0 Å². The Morgan fingerprint density at radius 2 is 1.63 bits per heavy atom. The molecule has 2 aromatic rings. The number of benzene rings is 2. The molecule has 0 aromatic heterocycles. The van der Waals surface area contributed by atoms with Crippen molar-refractivity contribution in [3.8, 4) is 0 Å². The van der Waals surface area contributed by atoms with Gasteiger partial charge < -0.3 is 0 Å². The van der Waals surface area contributed by atoms with Crippen LogP contribution in [0, 0.1) is 5.92 Å². The Morgan fingerprint density at radius 1 is 0.926 bits per heavy atom. The summed E-state index contributed by atoms with van der Waals surface area (Å²) in [5.41, 5.74) is 7.39. The molecule has 0 radical (unpaired) electrons. The molecule has 2 aromatic carbocycles. The molecule has 0 spiro atoms. The zero-order valence-electron chi connectivity index (χ0n) is 16.0. The summed E-state index contributed by atoms with van der Waals surface area (Å²) < 4.78 is 0. The van der Waals surface area contributed by atoms with E-state index in [-0.39, 0.29) is 11.8 Å². The predicted molar refractivity (Wildman–Crippen MR) is 110 cm³/mol. The van der Waals surface area contributed by atoms with E-state index in [1.54, 1.807) is 0 Å². The van der Waals surface area contributed by atoms with Gasteiger partial charge in [0.1, 0.15) is 0 Å². The number of hydrogen-bond acceptors (Lipinski definition) is 2. The lowest BCUT2D eigenvalue weighted by Gasteiger charge is -2.22. The van der Waals surface area contributed by atoms with E-state index in [1.165, 1.54) is 43.2 Å². The lowest BCUT2D eigenvalue weighted by molar-refractivity contribution is -0.122. The van der Waals surface area contributed by atoms with E-state index in [9.17, 15) is 4.79 Å². The number of nitrogens with zero attached hydrogens (tertiary/aromatic N) is 1. The van der Waals surface area contributed by atoms with E-state index in [0.717, 1.165) is 23.6 Å². The SMILES string of the molecule is C/C(=N/NC(=O)[C@@H]1C[C@H]1c1ccccc1)c1ccc(C2CCCCC2)cc1. The van der Waals surface area contributed by atoms with Gasteiger partial charge in [-0.2, -0.15) is 5.10 Å².